The normalized spacial score (nSPS) is 12.0. The van der Waals surface area contributed by atoms with Crippen molar-refractivity contribution in [2.75, 3.05) is 19.0 Å². The lowest BCUT2D eigenvalue weighted by molar-refractivity contribution is -0.118. The summed E-state index contributed by atoms with van der Waals surface area (Å²) in [5.41, 5.74) is 2.79. The van der Waals surface area contributed by atoms with Crippen molar-refractivity contribution in [1.82, 2.24) is 9.66 Å². The highest BCUT2D eigenvalue weighted by Crippen LogP contribution is 2.28. The summed E-state index contributed by atoms with van der Waals surface area (Å²) in [6.45, 7) is 5.81. The van der Waals surface area contributed by atoms with Gasteiger partial charge in [-0.05, 0) is 66.9 Å². The topological polar surface area (TPSA) is 94.8 Å². The van der Waals surface area contributed by atoms with E-state index in [0.29, 0.717) is 33.8 Å². The molecule has 1 amide bonds. The van der Waals surface area contributed by atoms with Crippen LogP contribution in [-0.4, -0.2) is 35.5 Å². The molecule has 0 aliphatic carbocycles. The number of carbonyl (C=O) groups excluding carboxylic acids is 1. The van der Waals surface area contributed by atoms with Gasteiger partial charge >= 0.3 is 0 Å². The number of hydrogen-bond acceptors (Lipinski definition) is 6. The molecule has 1 atom stereocenters. The molecule has 38 heavy (non-hydrogen) atoms. The van der Waals surface area contributed by atoms with Crippen molar-refractivity contribution in [3.8, 4) is 11.5 Å². The van der Waals surface area contributed by atoms with Crippen molar-refractivity contribution in [2.45, 2.75) is 33.1 Å². The number of para-hydroxylation sites is 1. The molecule has 0 unspecified atom stereocenters. The van der Waals surface area contributed by atoms with Crippen LogP contribution in [0.2, 0.25) is 0 Å². The molecule has 0 radical (unpaired) electrons. The average molecular weight is 577 g/mol. The number of benzene rings is 3. The predicted octanol–water partition coefficient (Wildman–Crippen LogP) is 5.89. The van der Waals surface area contributed by atoms with Crippen LogP contribution in [0.25, 0.3) is 10.9 Å². The summed E-state index contributed by atoms with van der Waals surface area (Å²) in [6, 6.07) is 18.2. The molecule has 3 aromatic carbocycles. The number of ether oxygens (including phenoxy) is 2. The molecule has 0 bridgehead atoms. The predicted molar refractivity (Wildman–Crippen MR) is 154 cm³/mol. The molecule has 1 aromatic heterocycles. The number of aryl methyl sites for hydroxylation is 1. The summed E-state index contributed by atoms with van der Waals surface area (Å²) in [4.78, 5) is 30.4. The van der Waals surface area contributed by atoms with Gasteiger partial charge in [0.1, 0.15) is 5.82 Å². The number of anilines is 1. The van der Waals surface area contributed by atoms with Crippen LogP contribution in [0, 0.1) is 6.92 Å². The van der Waals surface area contributed by atoms with E-state index in [9.17, 15) is 9.59 Å². The van der Waals surface area contributed by atoms with E-state index in [2.05, 4.69) is 26.3 Å². The molecule has 196 valence electrons. The Morgan fingerprint density at radius 2 is 1.95 bits per heavy atom. The van der Waals surface area contributed by atoms with Gasteiger partial charge < -0.3 is 14.8 Å². The number of rotatable bonds is 9. The standard InChI is InChI=1S/C29H29BrN4O4/c1-5-18(2)28-33-24-12-11-21(30)15-22(24)29(36)34(28)31-16-20-10-13-25(26(14-20)37-4)38-17-27(35)32-23-9-7-6-8-19(23)3/h6-16,18H,5,17H2,1-4H3,(H,32,35)/t18-/m0/s1. The summed E-state index contributed by atoms with van der Waals surface area (Å²) >= 11 is 3.43. The number of methoxy groups -OCH3 is 1. The van der Waals surface area contributed by atoms with Gasteiger partial charge in [0.05, 0.1) is 24.2 Å². The molecule has 0 aliphatic heterocycles. The minimum Gasteiger partial charge on any atom is -0.493 e. The van der Waals surface area contributed by atoms with E-state index in [-0.39, 0.29) is 24.0 Å². The highest BCUT2D eigenvalue weighted by molar-refractivity contribution is 9.10. The number of nitrogens with zero attached hydrogens (tertiary/aromatic N) is 3. The lowest BCUT2D eigenvalue weighted by Gasteiger charge is -2.14. The van der Waals surface area contributed by atoms with E-state index in [0.717, 1.165) is 22.1 Å². The second kappa shape index (κ2) is 12.0. The minimum absolute atomic E-state index is 0.0315. The first kappa shape index (κ1) is 27.1. The molecule has 1 heterocycles. The number of carbonyl (C=O) groups is 1. The first-order valence-electron chi connectivity index (χ1n) is 12.2. The Morgan fingerprint density at radius 1 is 1.16 bits per heavy atom. The Morgan fingerprint density at radius 3 is 2.68 bits per heavy atom. The largest absolute Gasteiger partial charge is 0.493 e. The van der Waals surface area contributed by atoms with Crippen LogP contribution in [0.1, 0.15) is 43.1 Å². The Kier molecular flexibility index (Phi) is 8.58. The molecule has 1 N–H and O–H groups in total. The average Bonchev–Trinajstić information content (AvgIpc) is 2.92. The summed E-state index contributed by atoms with van der Waals surface area (Å²) in [5, 5.41) is 7.82. The van der Waals surface area contributed by atoms with E-state index >= 15 is 0 Å². The molecular formula is C29H29BrN4O4. The zero-order chi connectivity index (χ0) is 27.2. The fourth-order valence-electron chi connectivity index (χ4n) is 3.83. The Labute approximate surface area is 229 Å². The molecular weight excluding hydrogens is 548 g/mol. The summed E-state index contributed by atoms with van der Waals surface area (Å²) in [5.74, 6) is 1.20. The van der Waals surface area contributed by atoms with Gasteiger partial charge in [0.15, 0.2) is 18.1 Å². The first-order chi connectivity index (χ1) is 18.3. The summed E-state index contributed by atoms with van der Waals surface area (Å²) in [6.07, 6.45) is 2.39. The molecule has 0 aliphatic rings. The minimum atomic E-state index is -0.278. The quantitative estimate of drug-likeness (QED) is 0.251. The monoisotopic (exact) mass is 576 g/mol. The van der Waals surface area contributed by atoms with Gasteiger partial charge in [0.25, 0.3) is 11.5 Å². The number of amides is 1. The zero-order valence-electron chi connectivity index (χ0n) is 21.7. The maximum atomic E-state index is 13.3. The molecule has 4 rings (SSSR count). The van der Waals surface area contributed by atoms with Crippen molar-refractivity contribution < 1.29 is 14.3 Å². The van der Waals surface area contributed by atoms with Crippen LogP contribution in [0.5, 0.6) is 11.5 Å². The van der Waals surface area contributed by atoms with Gasteiger partial charge in [-0.3, -0.25) is 9.59 Å². The van der Waals surface area contributed by atoms with Gasteiger partial charge in [-0.2, -0.15) is 9.78 Å². The van der Waals surface area contributed by atoms with Crippen LogP contribution >= 0.6 is 15.9 Å². The van der Waals surface area contributed by atoms with Gasteiger partial charge in [-0.25, -0.2) is 4.98 Å². The molecule has 0 spiro atoms. The lowest BCUT2D eigenvalue weighted by Crippen LogP contribution is -2.23. The van der Waals surface area contributed by atoms with Gasteiger partial charge in [0, 0.05) is 16.1 Å². The van der Waals surface area contributed by atoms with E-state index in [1.807, 2.05) is 57.2 Å². The molecule has 0 saturated heterocycles. The highest BCUT2D eigenvalue weighted by atomic mass is 79.9. The molecule has 8 nitrogen and oxygen atoms in total. The highest BCUT2D eigenvalue weighted by Gasteiger charge is 2.16. The number of fused-ring (bicyclic) bond motifs is 1. The van der Waals surface area contributed by atoms with E-state index in [4.69, 9.17) is 14.5 Å². The number of aromatic nitrogens is 2. The lowest BCUT2D eigenvalue weighted by atomic mass is 10.1. The van der Waals surface area contributed by atoms with Crippen LogP contribution < -0.4 is 20.3 Å². The SMILES string of the molecule is CC[C@H](C)c1nc2ccc(Br)cc2c(=O)n1N=Cc1ccc(OCC(=O)Nc2ccccc2C)c(OC)c1. The van der Waals surface area contributed by atoms with Crippen LogP contribution in [-0.2, 0) is 4.79 Å². The van der Waals surface area contributed by atoms with Crippen molar-refractivity contribution in [3.63, 3.8) is 0 Å². The van der Waals surface area contributed by atoms with Crippen LogP contribution in [0.3, 0.4) is 0 Å². The zero-order valence-corrected chi connectivity index (χ0v) is 23.3. The fraction of sp³-hybridized carbons (Fsp3) is 0.241. The molecule has 0 fully saturated rings. The smallest absolute Gasteiger partial charge is 0.282 e. The fourth-order valence-corrected chi connectivity index (χ4v) is 4.19. The molecule has 9 heteroatoms. The maximum Gasteiger partial charge on any atom is 0.282 e. The molecule has 0 saturated carbocycles. The first-order valence-corrected chi connectivity index (χ1v) is 13.0. The molecule has 4 aromatic rings. The van der Waals surface area contributed by atoms with Crippen molar-refractivity contribution >= 4 is 44.6 Å². The maximum absolute atomic E-state index is 13.3. The van der Waals surface area contributed by atoms with Crippen molar-refractivity contribution in [3.05, 3.63) is 92.4 Å². The van der Waals surface area contributed by atoms with Crippen LogP contribution in [0.4, 0.5) is 5.69 Å². The third-order valence-corrected chi connectivity index (χ3v) is 6.67. The number of hydrogen-bond donors (Lipinski definition) is 1. The third-order valence-electron chi connectivity index (χ3n) is 6.17. The Hall–Kier alpha value is -3.98. The van der Waals surface area contributed by atoms with Crippen molar-refractivity contribution in [2.24, 2.45) is 5.10 Å². The summed E-state index contributed by atoms with van der Waals surface area (Å²) in [7, 11) is 1.52. The van der Waals surface area contributed by atoms with E-state index in [1.165, 1.54) is 11.8 Å². The van der Waals surface area contributed by atoms with Gasteiger partial charge in [-0.1, -0.05) is 48.0 Å². The van der Waals surface area contributed by atoms with E-state index < -0.39 is 0 Å². The summed E-state index contributed by atoms with van der Waals surface area (Å²) < 4.78 is 13.3. The van der Waals surface area contributed by atoms with Crippen molar-refractivity contribution in [1.29, 1.82) is 0 Å². The Bertz CT molecular complexity index is 1560. The second-order valence-corrected chi connectivity index (χ2v) is 9.78. The Balaban J connectivity index is 1.56. The third kappa shape index (κ3) is 6.11. The number of halogens is 1. The van der Waals surface area contributed by atoms with Gasteiger partial charge in [-0.15, -0.1) is 0 Å². The number of nitrogens with one attached hydrogen (secondary N) is 1. The van der Waals surface area contributed by atoms with Gasteiger partial charge in [0.2, 0.25) is 0 Å². The second-order valence-electron chi connectivity index (χ2n) is 8.86. The van der Waals surface area contributed by atoms with E-state index in [1.54, 1.807) is 30.5 Å². The van der Waals surface area contributed by atoms with Crippen LogP contribution in [0.15, 0.2) is 75.0 Å².